The van der Waals surface area contributed by atoms with Crippen LogP contribution in [-0.2, 0) is 0 Å². The molecule has 0 N–H and O–H groups in total. The van der Waals surface area contributed by atoms with E-state index in [1.807, 2.05) is 12.1 Å². The van der Waals surface area contributed by atoms with Gasteiger partial charge in [0.15, 0.2) is 0 Å². The minimum Gasteiger partial charge on any atom is -0.456 e. The fourth-order valence-corrected chi connectivity index (χ4v) is 10.7. The molecule has 0 amide bonds. The van der Waals surface area contributed by atoms with Crippen molar-refractivity contribution in [2.45, 2.75) is 27.7 Å². The van der Waals surface area contributed by atoms with E-state index in [-0.39, 0.29) is 0 Å². The average Bonchev–Trinajstić information content (AvgIpc) is 3.89. The number of aryl methyl sites for hydroxylation is 4. The standard InChI is InChI=1S/C60H42N2O2/c1-35-27-53-47-19-11-13-21-55(47)63-59(53)37(3)57(35)61(43-15-7-5-8-16-43)45-25-23-39-31-49-50-32-40-24-26-46(30-42(40)34-52(50)51(49)33-41(39)29-45)62(44-17-9-6-10-18-44)58-36(2)28-54-48-20-12-14-22-56(48)64-60(54)38(58)4/h5-34H,1-4H3. The van der Waals surface area contributed by atoms with Crippen molar-refractivity contribution in [2.75, 3.05) is 9.80 Å². The molecule has 13 rings (SSSR count). The van der Waals surface area contributed by atoms with Crippen molar-refractivity contribution in [3.05, 3.63) is 204 Å². The van der Waals surface area contributed by atoms with Gasteiger partial charge in [0.25, 0.3) is 0 Å². The second-order valence-corrected chi connectivity index (χ2v) is 17.5. The van der Waals surface area contributed by atoms with Crippen LogP contribution in [-0.4, -0.2) is 0 Å². The van der Waals surface area contributed by atoms with E-state index in [1.54, 1.807) is 0 Å². The molecule has 0 unspecified atom stereocenters. The van der Waals surface area contributed by atoms with Gasteiger partial charge in [-0.05, 0) is 180 Å². The maximum Gasteiger partial charge on any atom is 0.140 e. The normalized spacial score (nSPS) is 12.1. The molecule has 0 aliphatic heterocycles. The Morgan fingerprint density at radius 1 is 0.312 bits per heavy atom. The number of hydrogen-bond acceptors (Lipinski definition) is 4. The highest BCUT2D eigenvalue weighted by Gasteiger charge is 2.27. The lowest BCUT2D eigenvalue weighted by molar-refractivity contribution is 0.665. The zero-order chi connectivity index (χ0) is 42.8. The molecule has 10 aromatic carbocycles. The third-order valence-electron chi connectivity index (χ3n) is 13.6. The topological polar surface area (TPSA) is 32.8 Å². The summed E-state index contributed by atoms with van der Waals surface area (Å²) in [5.74, 6) is 0. The predicted molar refractivity (Wildman–Crippen MR) is 269 cm³/mol. The van der Waals surface area contributed by atoms with Crippen LogP contribution in [0.3, 0.4) is 0 Å². The molecule has 0 radical (unpaired) electrons. The summed E-state index contributed by atoms with van der Waals surface area (Å²) >= 11 is 0. The molecular formula is C60H42N2O2. The maximum atomic E-state index is 6.54. The third kappa shape index (κ3) is 5.36. The lowest BCUT2D eigenvalue weighted by Gasteiger charge is -2.30. The Balaban J connectivity index is 0.926. The summed E-state index contributed by atoms with van der Waals surface area (Å²) in [6, 6.07) is 65.9. The quantitative estimate of drug-likeness (QED) is 0.167. The Kier molecular flexibility index (Phi) is 7.83. The summed E-state index contributed by atoms with van der Waals surface area (Å²) in [5.41, 5.74) is 20.2. The van der Waals surface area contributed by atoms with Crippen LogP contribution < -0.4 is 9.80 Å². The Morgan fingerprint density at radius 3 is 1.11 bits per heavy atom. The number of furan rings is 2. The van der Waals surface area contributed by atoms with Gasteiger partial charge in [0.05, 0.1) is 11.4 Å². The van der Waals surface area contributed by atoms with Gasteiger partial charge in [-0.3, -0.25) is 0 Å². The lowest BCUT2D eigenvalue weighted by Crippen LogP contribution is -2.13. The van der Waals surface area contributed by atoms with Gasteiger partial charge in [0.1, 0.15) is 22.3 Å². The molecule has 0 saturated heterocycles. The minimum atomic E-state index is 0.913. The van der Waals surface area contributed by atoms with Crippen LogP contribution in [0.4, 0.5) is 34.1 Å². The summed E-state index contributed by atoms with van der Waals surface area (Å²) in [7, 11) is 0. The molecule has 2 heterocycles. The summed E-state index contributed by atoms with van der Waals surface area (Å²) < 4.78 is 13.1. The van der Waals surface area contributed by atoms with Crippen LogP contribution in [0.2, 0.25) is 0 Å². The largest absolute Gasteiger partial charge is 0.456 e. The van der Waals surface area contributed by atoms with E-state index >= 15 is 0 Å². The molecule has 4 heteroatoms. The first kappa shape index (κ1) is 36.6. The number of fused-ring (bicyclic) bond motifs is 12. The van der Waals surface area contributed by atoms with Gasteiger partial charge in [-0.15, -0.1) is 0 Å². The van der Waals surface area contributed by atoms with Crippen molar-refractivity contribution in [3.63, 3.8) is 0 Å². The Morgan fingerprint density at radius 2 is 0.688 bits per heavy atom. The SMILES string of the molecule is Cc1cc2c(oc3ccccc32)c(C)c1N(c1ccccc1)c1ccc2cc3c(cc2c1)-c1cc2cc(N(c4ccccc4)c4c(C)cc5c(oc6ccccc65)c4C)ccc2cc1-3. The molecule has 12 aromatic rings. The van der Waals surface area contributed by atoms with Crippen molar-refractivity contribution in [3.8, 4) is 22.3 Å². The first-order valence-corrected chi connectivity index (χ1v) is 22.1. The third-order valence-corrected chi connectivity index (χ3v) is 13.6. The van der Waals surface area contributed by atoms with Crippen molar-refractivity contribution < 1.29 is 8.83 Å². The smallest absolute Gasteiger partial charge is 0.140 e. The first-order chi connectivity index (χ1) is 31.4. The highest BCUT2D eigenvalue weighted by Crippen LogP contribution is 2.52. The van der Waals surface area contributed by atoms with E-state index in [4.69, 9.17) is 8.83 Å². The van der Waals surface area contributed by atoms with Crippen LogP contribution in [0, 0.1) is 27.7 Å². The van der Waals surface area contributed by atoms with Gasteiger partial charge in [0.2, 0.25) is 0 Å². The highest BCUT2D eigenvalue weighted by molar-refractivity contribution is 6.14. The molecule has 64 heavy (non-hydrogen) atoms. The number of anilines is 6. The van der Waals surface area contributed by atoms with Crippen molar-refractivity contribution in [1.82, 2.24) is 0 Å². The fraction of sp³-hybridized carbons (Fsp3) is 0.0667. The lowest BCUT2D eigenvalue weighted by atomic mass is 9.78. The molecule has 1 aliphatic rings. The van der Waals surface area contributed by atoms with Crippen LogP contribution in [0.1, 0.15) is 22.3 Å². The molecule has 0 bridgehead atoms. The second-order valence-electron chi connectivity index (χ2n) is 17.5. The van der Waals surface area contributed by atoms with Gasteiger partial charge >= 0.3 is 0 Å². The maximum absolute atomic E-state index is 6.54. The monoisotopic (exact) mass is 822 g/mol. The molecular weight excluding hydrogens is 781 g/mol. The van der Waals surface area contributed by atoms with Gasteiger partial charge in [-0.25, -0.2) is 0 Å². The van der Waals surface area contributed by atoms with Gasteiger partial charge in [-0.1, -0.05) is 84.9 Å². The first-order valence-electron chi connectivity index (χ1n) is 22.1. The van der Waals surface area contributed by atoms with Crippen LogP contribution in [0.5, 0.6) is 0 Å². The molecule has 1 aliphatic carbocycles. The van der Waals surface area contributed by atoms with Crippen molar-refractivity contribution in [2.24, 2.45) is 0 Å². The van der Waals surface area contributed by atoms with Crippen molar-refractivity contribution >= 4 is 99.5 Å². The predicted octanol–water partition coefficient (Wildman–Crippen LogP) is 17.6. The minimum absolute atomic E-state index is 0.913. The summed E-state index contributed by atoms with van der Waals surface area (Å²) in [5, 5.41) is 9.47. The number of rotatable bonds is 6. The number of benzene rings is 10. The van der Waals surface area contributed by atoms with Crippen LogP contribution >= 0.6 is 0 Å². The zero-order valence-electron chi connectivity index (χ0n) is 36.0. The van der Waals surface area contributed by atoms with Gasteiger partial charge in [0, 0.05) is 55.4 Å². The molecule has 2 aromatic heterocycles. The molecule has 0 saturated carbocycles. The Bertz CT molecular complexity index is 3640. The Hall–Kier alpha value is -8.08. The highest BCUT2D eigenvalue weighted by atomic mass is 16.3. The van der Waals surface area contributed by atoms with Crippen LogP contribution in [0.15, 0.2) is 191 Å². The van der Waals surface area contributed by atoms with Gasteiger partial charge in [-0.2, -0.15) is 0 Å². The number of nitrogens with zero attached hydrogens (tertiary/aromatic N) is 2. The average molecular weight is 823 g/mol. The zero-order valence-corrected chi connectivity index (χ0v) is 36.0. The number of para-hydroxylation sites is 4. The molecule has 4 nitrogen and oxygen atoms in total. The number of hydrogen-bond donors (Lipinski definition) is 0. The van der Waals surface area contributed by atoms with Crippen molar-refractivity contribution in [1.29, 1.82) is 0 Å². The van der Waals surface area contributed by atoms with E-state index in [2.05, 4.69) is 207 Å². The molecule has 0 atom stereocenters. The van der Waals surface area contributed by atoms with E-state index in [0.29, 0.717) is 0 Å². The second kappa shape index (κ2) is 13.7. The van der Waals surface area contributed by atoms with E-state index < -0.39 is 0 Å². The summed E-state index contributed by atoms with van der Waals surface area (Å²) in [6.45, 7) is 8.83. The molecule has 304 valence electrons. The van der Waals surface area contributed by atoms with E-state index in [1.165, 1.54) is 54.9 Å². The summed E-state index contributed by atoms with van der Waals surface area (Å²) in [6.07, 6.45) is 0. The molecule has 0 spiro atoms. The van der Waals surface area contributed by atoms with E-state index in [0.717, 1.165) is 89.1 Å². The van der Waals surface area contributed by atoms with Gasteiger partial charge < -0.3 is 18.6 Å². The fourth-order valence-electron chi connectivity index (χ4n) is 10.7. The van der Waals surface area contributed by atoms with E-state index in [9.17, 15) is 0 Å². The molecule has 0 fully saturated rings. The van der Waals surface area contributed by atoms with Crippen LogP contribution in [0.25, 0.3) is 87.7 Å². The Labute approximate surface area is 370 Å². The summed E-state index contributed by atoms with van der Waals surface area (Å²) in [4.78, 5) is 4.79.